The molecule has 1 aliphatic rings. The minimum atomic E-state index is -3.16. The third-order valence-electron chi connectivity index (χ3n) is 3.66. The molecule has 1 aromatic heterocycles. The Labute approximate surface area is 141 Å². The minimum Gasteiger partial charge on any atom is -0.338 e. The van der Waals surface area contributed by atoms with E-state index in [1.165, 1.54) is 17.7 Å². The third-order valence-corrected chi connectivity index (χ3v) is 6.13. The molecular weight excluding hydrogens is 336 g/mol. The van der Waals surface area contributed by atoms with E-state index in [9.17, 15) is 13.2 Å². The lowest BCUT2D eigenvalue weighted by atomic mass is 10.2. The molecule has 0 saturated heterocycles. The summed E-state index contributed by atoms with van der Waals surface area (Å²) in [6, 6.07) is -0.299. The van der Waals surface area contributed by atoms with Crippen molar-refractivity contribution in [2.24, 2.45) is 0 Å². The molecule has 1 heterocycles. The van der Waals surface area contributed by atoms with Crippen LogP contribution in [0.15, 0.2) is 0 Å². The zero-order valence-corrected chi connectivity index (χ0v) is 15.0. The van der Waals surface area contributed by atoms with Gasteiger partial charge in [0.1, 0.15) is 0 Å². The zero-order valence-electron chi connectivity index (χ0n) is 13.4. The van der Waals surface area contributed by atoms with Gasteiger partial charge in [-0.15, -0.1) is 11.3 Å². The predicted molar refractivity (Wildman–Crippen MR) is 92.5 cm³/mol. The van der Waals surface area contributed by atoms with E-state index in [-0.39, 0.29) is 11.8 Å². The number of nitrogens with one attached hydrogen (secondary N) is 3. The van der Waals surface area contributed by atoms with Gasteiger partial charge in [0.15, 0.2) is 5.13 Å². The quantitative estimate of drug-likeness (QED) is 0.510. The number of anilines is 1. The fourth-order valence-electron chi connectivity index (χ4n) is 2.34. The Bertz CT molecular complexity index is 604. The van der Waals surface area contributed by atoms with Crippen LogP contribution < -0.4 is 15.4 Å². The van der Waals surface area contributed by atoms with Gasteiger partial charge in [-0.25, -0.2) is 22.9 Å². The molecule has 0 unspecified atom stereocenters. The Balaban J connectivity index is 1.69. The summed E-state index contributed by atoms with van der Waals surface area (Å²) in [5, 5.41) is 6.11. The summed E-state index contributed by atoms with van der Waals surface area (Å²) in [4.78, 5) is 17.6. The zero-order chi connectivity index (χ0) is 16.7. The van der Waals surface area contributed by atoms with Gasteiger partial charge < -0.3 is 5.32 Å². The van der Waals surface area contributed by atoms with Crippen molar-refractivity contribution in [3.8, 4) is 0 Å². The van der Waals surface area contributed by atoms with Gasteiger partial charge in [-0.2, -0.15) is 0 Å². The molecule has 0 fully saturated rings. The molecule has 0 spiro atoms. The molecule has 1 aromatic rings. The van der Waals surface area contributed by atoms with Crippen LogP contribution in [0.3, 0.4) is 0 Å². The third kappa shape index (κ3) is 6.08. The molecule has 0 aromatic carbocycles. The first kappa shape index (κ1) is 18.2. The van der Waals surface area contributed by atoms with Gasteiger partial charge >= 0.3 is 6.03 Å². The van der Waals surface area contributed by atoms with E-state index in [0.29, 0.717) is 24.6 Å². The van der Waals surface area contributed by atoms with E-state index in [1.807, 2.05) is 0 Å². The van der Waals surface area contributed by atoms with E-state index in [1.54, 1.807) is 18.3 Å². The Kier molecular flexibility index (Phi) is 6.79. The minimum absolute atomic E-state index is 0.0651. The second-order valence-corrected chi connectivity index (χ2v) is 8.66. The number of sulfonamides is 1. The molecular formula is C14H24N4O3S2. The number of aryl methyl sites for hydroxylation is 2. The Morgan fingerprint density at radius 3 is 2.78 bits per heavy atom. The van der Waals surface area contributed by atoms with Crippen LogP contribution in [-0.4, -0.2) is 38.3 Å². The van der Waals surface area contributed by atoms with Gasteiger partial charge in [0, 0.05) is 18.0 Å². The second-order valence-electron chi connectivity index (χ2n) is 5.48. The monoisotopic (exact) mass is 360 g/mol. The Hall–Kier alpha value is -1.19. The fraction of sp³-hybridized carbons (Fsp3) is 0.714. The number of nitrogens with zero attached hydrogens (tertiary/aromatic N) is 1. The lowest BCUT2D eigenvalue weighted by molar-refractivity contribution is 0.252. The van der Waals surface area contributed by atoms with Crippen LogP contribution in [0.1, 0.15) is 43.2 Å². The van der Waals surface area contributed by atoms with Gasteiger partial charge in [0.2, 0.25) is 10.0 Å². The van der Waals surface area contributed by atoms with E-state index < -0.39 is 10.0 Å². The predicted octanol–water partition coefficient (Wildman–Crippen LogP) is 1.86. The van der Waals surface area contributed by atoms with Crippen molar-refractivity contribution in [3.63, 3.8) is 0 Å². The first-order valence-corrected chi connectivity index (χ1v) is 10.5. The summed E-state index contributed by atoms with van der Waals surface area (Å²) in [5.41, 5.74) is 1.12. The molecule has 0 atom stereocenters. The van der Waals surface area contributed by atoms with E-state index in [4.69, 9.17) is 0 Å². The largest absolute Gasteiger partial charge is 0.338 e. The molecule has 1 aliphatic carbocycles. The molecule has 0 aliphatic heterocycles. The van der Waals surface area contributed by atoms with Crippen LogP contribution in [0.4, 0.5) is 9.93 Å². The van der Waals surface area contributed by atoms with E-state index in [2.05, 4.69) is 20.3 Å². The maximum atomic E-state index is 11.8. The maximum absolute atomic E-state index is 11.8. The summed E-state index contributed by atoms with van der Waals surface area (Å²) in [7, 11) is -3.16. The number of fused-ring (bicyclic) bond motifs is 1. The number of hydrogen-bond acceptors (Lipinski definition) is 5. The van der Waals surface area contributed by atoms with Gasteiger partial charge in [-0.05, 0) is 39.0 Å². The standard InChI is InChI=1S/C14H24N4O3S2/c1-2-23(20,21)16-10-6-9-15-13(19)18-14-17-11-7-4-3-5-8-12(11)22-14/h16H,2-10H2,1H3,(H2,15,17,18,19). The molecule has 0 saturated carbocycles. The number of aromatic nitrogens is 1. The number of amides is 2. The van der Waals surface area contributed by atoms with Gasteiger partial charge in [0.25, 0.3) is 0 Å². The molecule has 3 N–H and O–H groups in total. The first-order valence-electron chi connectivity index (χ1n) is 8.01. The topological polar surface area (TPSA) is 100 Å². The number of carbonyl (C=O) groups excluding carboxylic acids is 1. The molecule has 9 heteroatoms. The lowest BCUT2D eigenvalue weighted by Crippen LogP contribution is -2.32. The number of rotatable bonds is 7. The Morgan fingerprint density at radius 2 is 2.00 bits per heavy atom. The highest BCUT2D eigenvalue weighted by atomic mass is 32.2. The van der Waals surface area contributed by atoms with Crippen molar-refractivity contribution in [3.05, 3.63) is 10.6 Å². The molecule has 2 rings (SSSR count). The van der Waals surface area contributed by atoms with Crippen molar-refractivity contribution >= 4 is 32.5 Å². The average molecular weight is 361 g/mol. The number of urea groups is 1. The highest BCUT2D eigenvalue weighted by Crippen LogP contribution is 2.28. The maximum Gasteiger partial charge on any atom is 0.321 e. The Morgan fingerprint density at radius 1 is 1.22 bits per heavy atom. The SMILES string of the molecule is CCS(=O)(=O)NCCCNC(=O)Nc1nc2c(s1)CCCCC2. The first-order chi connectivity index (χ1) is 11.0. The van der Waals surface area contributed by atoms with Crippen LogP contribution in [-0.2, 0) is 22.9 Å². The molecule has 7 nitrogen and oxygen atoms in total. The molecule has 2 amide bonds. The number of carbonyl (C=O) groups is 1. The summed E-state index contributed by atoms with van der Waals surface area (Å²) in [5.74, 6) is 0.0651. The summed E-state index contributed by atoms with van der Waals surface area (Å²) in [6.07, 6.45) is 6.18. The van der Waals surface area contributed by atoms with E-state index in [0.717, 1.165) is 25.0 Å². The number of hydrogen-bond donors (Lipinski definition) is 3. The normalized spacial score (nSPS) is 14.8. The van der Waals surface area contributed by atoms with Crippen LogP contribution in [0.2, 0.25) is 0 Å². The van der Waals surface area contributed by atoms with Crippen molar-refractivity contribution in [2.45, 2.75) is 45.4 Å². The van der Waals surface area contributed by atoms with Gasteiger partial charge in [-0.3, -0.25) is 5.32 Å². The fourth-order valence-corrected chi connectivity index (χ4v) is 4.05. The molecule has 0 radical (unpaired) electrons. The van der Waals surface area contributed by atoms with Crippen LogP contribution >= 0.6 is 11.3 Å². The van der Waals surface area contributed by atoms with Crippen molar-refractivity contribution in [2.75, 3.05) is 24.2 Å². The highest BCUT2D eigenvalue weighted by molar-refractivity contribution is 7.89. The summed E-state index contributed by atoms with van der Waals surface area (Å²) < 4.78 is 24.9. The van der Waals surface area contributed by atoms with Crippen LogP contribution in [0.25, 0.3) is 0 Å². The van der Waals surface area contributed by atoms with Crippen molar-refractivity contribution in [1.82, 2.24) is 15.0 Å². The summed E-state index contributed by atoms with van der Waals surface area (Å²) >= 11 is 1.55. The van der Waals surface area contributed by atoms with Gasteiger partial charge in [-0.1, -0.05) is 6.42 Å². The van der Waals surface area contributed by atoms with Crippen molar-refractivity contribution < 1.29 is 13.2 Å². The second kappa shape index (κ2) is 8.60. The highest BCUT2D eigenvalue weighted by Gasteiger charge is 2.15. The lowest BCUT2D eigenvalue weighted by Gasteiger charge is -2.06. The number of thiazole rings is 1. The van der Waals surface area contributed by atoms with Crippen molar-refractivity contribution in [1.29, 1.82) is 0 Å². The van der Waals surface area contributed by atoms with E-state index >= 15 is 0 Å². The summed E-state index contributed by atoms with van der Waals surface area (Å²) in [6.45, 7) is 2.31. The van der Waals surface area contributed by atoms with Crippen LogP contribution in [0.5, 0.6) is 0 Å². The smallest absolute Gasteiger partial charge is 0.321 e. The molecule has 23 heavy (non-hydrogen) atoms. The molecule has 0 bridgehead atoms. The van der Waals surface area contributed by atoms with Crippen LogP contribution in [0, 0.1) is 0 Å². The average Bonchev–Trinajstić information content (AvgIpc) is 2.75. The molecule has 130 valence electrons. The van der Waals surface area contributed by atoms with Gasteiger partial charge in [0.05, 0.1) is 11.4 Å².